The molecular weight excluding hydrogens is 356 g/mol. The number of allylic oxidation sites excluding steroid dienone is 4. The number of hydrogen-bond acceptors (Lipinski definition) is 1. The molecule has 136 valence electrons. The highest BCUT2D eigenvalue weighted by molar-refractivity contribution is 7.99. The van der Waals surface area contributed by atoms with Gasteiger partial charge in [-0.2, -0.15) is 0 Å². The van der Waals surface area contributed by atoms with E-state index in [4.69, 9.17) is 0 Å². The molecule has 2 aliphatic carbocycles. The van der Waals surface area contributed by atoms with Gasteiger partial charge in [-0.05, 0) is 64.3 Å². The van der Waals surface area contributed by atoms with Crippen molar-refractivity contribution in [2.75, 3.05) is 0 Å². The van der Waals surface area contributed by atoms with Gasteiger partial charge < -0.3 is 0 Å². The van der Waals surface area contributed by atoms with Crippen LogP contribution in [0.15, 0.2) is 100 Å². The lowest BCUT2D eigenvalue weighted by Crippen LogP contribution is -2.33. The highest BCUT2D eigenvalue weighted by Gasteiger charge is 2.51. The molecule has 0 fully saturated rings. The average molecular weight is 379 g/mol. The van der Waals surface area contributed by atoms with Crippen molar-refractivity contribution in [3.05, 3.63) is 113 Å². The Kier molecular flexibility index (Phi) is 3.52. The molecule has 3 aliphatic rings. The minimum atomic E-state index is -0.159. The van der Waals surface area contributed by atoms with Crippen molar-refractivity contribution in [3.63, 3.8) is 0 Å². The van der Waals surface area contributed by atoms with Gasteiger partial charge in [0.1, 0.15) is 0 Å². The summed E-state index contributed by atoms with van der Waals surface area (Å²) in [5.41, 5.74) is 8.68. The van der Waals surface area contributed by atoms with Gasteiger partial charge in [-0.25, -0.2) is 0 Å². The van der Waals surface area contributed by atoms with Gasteiger partial charge in [0.05, 0.1) is 5.41 Å². The molecule has 1 spiro atoms. The van der Waals surface area contributed by atoms with Crippen molar-refractivity contribution >= 4 is 17.3 Å². The van der Waals surface area contributed by atoms with Gasteiger partial charge in [-0.3, -0.25) is 0 Å². The van der Waals surface area contributed by atoms with E-state index in [2.05, 4.69) is 91.9 Å². The van der Waals surface area contributed by atoms with E-state index >= 15 is 0 Å². The summed E-state index contributed by atoms with van der Waals surface area (Å²) in [4.78, 5) is 2.79. The lowest BCUT2D eigenvalue weighted by molar-refractivity contribution is 0.544. The van der Waals surface area contributed by atoms with Crippen LogP contribution in [-0.2, 0) is 5.41 Å². The first-order valence-electron chi connectivity index (χ1n) is 10.2. The third-order valence-corrected chi connectivity index (χ3v) is 7.73. The average Bonchev–Trinajstić information content (AvgIpc) is 2.85. The minimum absolute atomic E-state index is 0.159. The fraction of sp³-hybridized carbons (Fsp3) is 0.185. The quantitative estimate of drug-likeness (QED) is 0.397. The molecule has 6 rings (SSSR count). The monoisotopic (exact) mass is 378 g/mol. The zero-order chi connectivity index (χ0) is 18.7. The van der Waals surface area contributed by atoms with E-state index < -0.39 is 0 Å². The third-order valence-electron chi connectivity index (χ3n) is 6.58. The Morgan fingerprint density at radius 3 is 2.11 bits per heavy atom. The fourth-order valence-electron chi connectivity index (χ4n) is 5.49. The highest BCUT2D eigenvalue weighted by atomic mass is 32.2. The summed E-state index contributed by atoms with van der Waals surface area (Å²) in [6, 6.07) is 27.2. The summed E-state index contributed by atoms with van der Waals surface area (Å²) in [6.45, 7) is 2.40. The summed E-state index contributed by atoms with van der Waals surface area (Å²) < 4.78 is 0. The summed E-state index contributed by atoms with van der Waals surface area (Å²) in [5, 5.41) is 0. The molecule has 0 N–H and O–H groups in total. The Morgan fingerprint density at radius 2 is 1.39 bits per heavy atom. The van der Waals surface area contributed by atoms with Gasteiger partial charge in [0.2, 0.25) is 0 Å². The van der Waals surface area contributed by atoms with Crippen molar-refractivity contribution in [1.82, 2.24) is 0 Å². The summed E-state index contributed by atoms with van der Waals surface area (Å²) in [5.74, 6) is 0.656. The van der Waals surface area contributed by atoms with Crippen LogP contribution in [0.5, 0.6) is 0 Å². The smallest absolute Gasteiger partial charge is 0.0698 e. The fourth-order valence-corrected chi connectivity index (χ4v) is 6.68. The molecule has 0 bridgehead atoms. The normalized spacial score (nSPS) is 21.0. The number of fused-ring (bicyclic) bond motifs is 8. The largest absolute Gasteiger partial charge is 0.0894 e. The van der Waals surface area contributed by atoms with Crippen molar-refractivity contribution < 1.29 is 0 Å². The van der Waals surface area contributed by atoms with E-state index in [0.717, 1.165) is 12.8 Å². The second kappa shape index (κ2) is 5.99. The van der Waals surface area contributed by atoms with Crippen molar-refractivity contribution in [2.24, 2.45) is 5.92 Å². The summed E-state index contributed by atoms with van der Waals surface area (Å²) in [7, 11) is 0. The van der Waals surface area contributed by atoms with Crippen molar-refractivity contribution in [1.29, 1.82) is 0 Å². The van der Waals surface area contributed by atoms with Crippen LogP contribution in [0, 0.1) is 5.92 Å². The third kappa shape index (κ3) is 2.03. The highest BCUT2D eigenvalue weighted by Crippen LogP contribution is 2.62. The zero-order valence-electron chi connectivity index (χ0n) is 16.0. The molecule has 1 heteroatoms. The standard InChI is InChI=1S/C27H22S/c1-18-9-8-11-20-19-10-2-3-12-21(19)27(24(20)17-18)22-13-4-6-15-25(22)28-26-16-7-5-14-23(26)27/h2-8,10-16,18H,9,17H2,1H3. The van der Waals surface area contributed by atoms with Gasteiger partial charge in [-0.1, -0.05) is 91.5 Å². The molecule has 1 heterocycles. The van der Waals surface area contributed by atoms with Crippen molar-refractivity contribution in [2.45, 2.75) is 35.0 Å². The van der Waals surface area contributed by atoms with Gasteiger partial charge >= 0.3 is 0 Å². The van der Waals surface area contributed by atoms with Crippen molar-refractivity contribution in [3.8, 4) is 0 Å². The predicted molar refractivity (Wildman–Crippen MR) is 118 cm³/mol. The van der Waals surface area contributed by atoms with Crippen LogP contribution in [0.4, 0.5) is 0 Å². The summed E-state index contributed by atoms with van der Waals surface area (Å²) in [6.07, 6.45) is 7.09. The first kappa shape index (κ1) is 16.4. The predicted octanol–water partition coefficient (Wildman–Crippen LogP) is 7.24. The first-order chi connectivity index (χ1) is 13.8. The van der Waals surface area contributed by atoms with E-state index in [-0.39, 0.29) is 5.41 Å². The topological polar surface area (TPSA) is 0 Å². The van der Waals surface area contributed by atoms with E-state index in [1.165, 1.54) is 37.6 Å². The van der Waals surface area contributed by atoms with Crippen LogP contribution in [0.3, 0.4) is 0 Å². The molecule has 0 aromatic heterocycles. The maximum Gasteiger partial charge on any atom is 0.0698 e. The molecule has 1 unspecified atom stereocenters. The van der Waals surface area contributed by atoms with E-state index in [1.54, 1.807) is 5.57 Å². The van der Waals surface area contributed by atoms with E-state index in [1.807, 2.05) is 11.8 Å². The Hall–Kier alpha value is -2.51. The van der Waals surface area contributed by atoms with Crippen LogP contribution < -0.4 is 0 Å². The number of hydrogen-bond donors (Lipinski definition) is 0. The lowest BCUT2D eigenvalue weighted by Gasteiger charge is -2.41. The Balaban J connectivity index is 1.80. The number of rotatable bonds is 0. The Morgan fingerprint density at radius 1 is 0.786 bits per heavy atom. The number of benzene rings is 3. The molecule has 28 heavy (non-hydrogen) atoms. The molecule has 0 nitrogen and oxygen atoms in total. The maximum atomic E-state index is 2.40. The molecule has 0 saturated heterocycles. The van der Waals surface area contributed by atoms with E-state index in [0.29, 0.717) is 5.92 Å². The minimum Gasteiger partial charge on any atom is -0.0894 e. The first-order valence-corrected chi connectivity index (χ1v) is 11.0. The molecule has 3 aromatic rings. The SMILES string of the molecule is CC1CC=CC2=C(C1)C1(c3ccccc3Sc3ccccc31)c1ccccc12. The molecule has 0 saturated carbocycles. The van der Waals surface area contributed by atoms with Crippen LogP contribution >= 0.6 is 11.8 Å². The van der Waals surface area contributed by atoms with Gasteiger partial charge in [0.25, 0.3) is 0 Å². The van der Waals surface area contributed by atoms with E-state index in [9.17, 15) is 0 Å². The van der Waals surface area contributed by atoms with Crippen LogP contribution in [0.2, 0.25) is 0 Å². The molecule has 0 amide bonds. The van der Waals surface area contributed by atoms with Gasteiger partial charge in [-0.15, -0.1) is 0 Å². The second-order valence-corrected chi connectivity index (χ2v) is 9.31. The molecule has 3 aromatic carbocycles. The lowest BCUT2D eigenvalue weighted by atomic mass is 9.65. The zero-order valence-corrected chi connectivity index (χ0v) is 16.8. The Bertz CT molecular complexity index is 1120. The maximum absolute atomic E-state index is 2.40. The van der Waals surface area contributed by atoms with Gasteiger partial charge in [0, 0.05) is 9.79 Å². The van der Waals surface area contributed by atoms with Crippen LogP contribution in [-0.4, -0.2) is 0 Å². The molecule has 0 radical (unpaired) electrons. The van der Waals surface area contributed by atoms with Crippen LogP contribution in [0.25, 0.3) is 5.57 Å². The summed E-state index contributed by atoms with van der Waals surface area (Å²) >= 11 is 1.92. The molecule has 1 atom stereocenters. The van der Waals surface area contributed by atoms with Crippen LogP contribution in [0.1, 0.15) is 42.0 Å². The second-order valence-electron chi connectivity index (χ2n) is 8.23. The molecular formula is C27H22S. The van der Waals surface area contributed by atoms with Gasteiger partial charge in [0.15, 0.2) is 0 Å². The molecule has 1 aliphatic heterocycles. The Labute approximate surface area is 171 Å².